The van der Waals surface area contributed by atoms with Crippen molar-refractivity contribution in [2.75, 3.05) is 13.1 Å². The fourth-order valence-electron chi connectivity index (χ4n) is 3.38. The van der Waals surface area contributed by atoms with Gasteiger partial charge in [0.1, 0.15) is 5.52 Å². The minimum Gasteiger partial charge on any atom is -0.440 e. The lowest BCUT2D eigenvalue weighted by molar-refractivity contribution is 0.147. The number of hydrogen-bond donors (Lipinski definition) is 0. The molecule has 1 aliphatic rings. The summed E-state index contributed by atoms with van der Waals surface area (Å²) >= 11 is 6.02. The van der Waals surface area contributed by atoms with Gasteiger partial charge in [-0.2, -0.15) is 0 Å². The lowest BCUT2D eigenvalue weighted by atomic mass is 9.95. The van der Waals surface area contributed by atoms with Crippen LogP contribution in [0.1, 0.15) is 43.4 Å². The Kier molecular flexibility index (Phi) is 3.97. The Morgan fingerprint density at radius 1 is 1.29 bits per heavy atom. The van der Waals surface area contributed by atoms with Crippen LogP contribution in [0.4, 0.5) is 0 Å². The Morgan fingerprint density at radius 3 is 2.79 bits per heavy atom. The largest absolute Gasteiger partial charge is 0.440 e. The first-order chi connectivity index (χ1) is 11.6. The summed E-state index contributed by atoms with van der Waals surface area (Å²) in [6, 6.07) is 5.76. The fraction of sp³-hybridized carbons (Fsp3) is 0.500. The van der Waals surface area contributed by atoms with E-state index in [0.717, 1.165) is 48.7 Å². The Hall–Kier alpha value is -1.99. The van der Waals surface area contributed by atoms with Crippen molar-refractivity contribution < 1.29 is 4.42 Å². The number of nitrogens with zero attached hydrogens (tertiary/aromatic N) is 6. The first kappa shape index (κ1) is 15.5. The number of aryl methyl sites for hydroxylation is 1. The molecule has 0 radical (unpaired) electrons. The fourth-order valence-corrected chi connectivity index (χ4v) is 3.55. The van der Waals surface area contributed by atoms with Gasteiger partial charge in [0.05, 0.1) is 6.04 Å². The predicted molar refractivity (Wildman–Crippen MR) is 89.8 cm³/mol. The van der Waals surface area contributed by atoms with Gasteiger partial charge in [-0.25, -0.2) is 9.67 Å². The van der Waals surface area contributed by atoms with Gasteiger partial charge in [0.25, 0.3) is 0 Å². The van der Waals surface area contributed by atoms with Crippen LogP contribution in [0, 0.1) is 0 Å². The summed E-state index contributed by atoms with van der Waals surface area (Å²) in [5, 5.41) is 12.5. The van der Waals surface area contributed by atoms with Gasteiger partial charge in [0.15, 0.2) is 17.3 Å². The Morgan fingerprint density at radius 2 is 2.08 bits per heavy atom. The van der Waals surface area contributed by atoms with E-state index in [2.05, 4.69) is 32.3 Å². The molecule has 24 heavy (non-hydrogen) atoms. The second-order valence-electron chi connectivity index (χ2n) is 6.31. The van der Waals surface area contributed by atoms with Crippen LogP contribution in [-0.2, 0) is 7.05 Å². The molecule has 0 saturated carbocycles. The zero-order valence-corrected chi connectivity index (χ0v) is 14.4. The van der Waals surface area contributed by atoms with E-state index in [1.54, 1.807) is 4.68 Å². The highest BCUT2D eigenvalue weighted by Gasteiger charge is 2.29. The van der Waals surface area contributed by atoms with Gasteiger partial charge in [0.2, 0.25) is 0 Å². The first-order valence-corrected chi connectivity index (χ1v) is 8.52. The molecule has 1 aliphatic heterocycles. The molecule has 7 nitrogen and oxygen atoms in total. The second kappa shape index (κ2) is 6.14. The maximum atomic E-state index is 6.02. The molecule has 0 aliphatic carbocycles. The number of halogens is 1. The van der Waals surface area contributed by atoms with Crippen LogP contribution < -0.4 is 0 Å². The lowest BCUT2D eigenvalue weighted by Crippen LogP contribution is -2.36. The average Bonchev–Trinajstić information content (AvgIpc) is 3.20. The number of hydrogen-bond acceptors (Lipinski definition) is 6. The third-order valence-electron chi connectivity index (χ3n) is 4.82. The molecule has 1 aromatic carbocycles. The maximum Gasteiger partial charge on any atom is 0.198 e. The number of benzene rings is 1. The Bertz CT molecular complexity index is 851. The van der Waals surface area contributed by atoms with Crippen LogP contribution in [0.3, 0.4) is 0 Å². The maximum absolute atomic E-state index is 6.02. The van der Waals surface area contributed by atoms with Crippen LogP contribution in [-0.4, -0.2) is 43.2 Å². The molecule has 0 N–H and O–H groups in total. The number of likely N-dealkylation sites (tertiary alicyclic amines) is 1. The minimum absolute atomic E-state index is 0.202. The molecule has 0 bridgehead atoms. The molecule has 1 atom stereocenters. The van der Waals surface area contributed by atoms with Crippen LogP contribution in [0.15, 0.2) is 22.6 Å². The Labute approximate surface area is 144 Å². The molecular formula is C16H19ClN6O. The van der Waals surface area contributed by atoms with E-state index in [0.29, 0.717) is 10.9 Å². The highest BCUT2D eigenvalue weighted by molar-refractivity contribution is 6.31. The van der Waals surface area contributed by atoms with Crippen molar-refractivity contribution in [1.82, 2.24) is 30.1 Å². The van der Waals surface area contributed by atoms with Crippen LogP contribution in [0.2, 0.25) is 5.02 Å². The molecule has 0 unspecified atom stereocenters. The van der Waals surface area contributed by atoms with Gasteiger partial charge in [0, 0.05) is 18.0 Å². The topological polar surface area (TPSA) is 72.9 Å². The Balaban J connectivity index is 1.46. The zero-order valence-electron chi connectivity index (χ0n) is 13.7. The SMILES string of the molecule is C[C@H](c1nnnn1C)N1CCC(c2nc3cc(Cl)ccc3o2)CC1. The summed E-state index contributed by atoms with van der Waals surface area (Å²) in [6.45, 7) is 4.09. The van der Waals surface area contributed by atoms with Crippen molar-refractivity contribution in [3.8, 4) is 0 Å². The first-order valence-electron chi connectivity index (χ1n) is 8.14. The van der Waals surface area contributed by atoms with Gasteiger partial charge in [-0.05, 0) is 61.5 Å². The smallest absolute Gasteiger partial charge is 0.198 e. The molecular weight excluding hydrogens is 328 g/mol. The van der Waals surface area contributed by atoms with E-state index in [1.807, 2.05) is 25.2 Å². The van der Waals surface area contributed by atoms with Crippen molar-refractivity contribution in [1.29, 1.82) is 0 Å². The molecule has 8 heteroatoms. The quantitative estimate of drug-likeness (QED) is 0.726. The molecule has 4 rings (SSSR count). The number of oxazole rings is 1. The third-order valence-corrected chi connectivity index (χ3v) is 5.05. The van der Waals surface area contributed by atoms with E-state index in [1.165, 1.54) is 0 Å². The third kappa shape index (κ3) is 2.78. The normalized spacial score (nSPS) is 18.3. The van der Waals surface area contributed by atoms with Gasteiger partial charge >= 0.3 is 0 Å². The van der Waals surface area contributed by atoms with Gasteiger partial charge < -0.3 is 4.42 Å². The summed E-state index contributed by atoms with van der Waals surface area (Å²) in [5.41, 5.74) is 1.63. The molecule has 1 saturated heterocycles. The van der Waals surface area contributed by atoms with E-state index in [-0.39, 0.29) is 6.04 Å². The van der Waals surface area contributed by atoms with Gasteiger partial charge in [-0.1, -0.05) is 11.6 Å². The van der Waals surface area contributed by atoms with Crippen LogP contribution >= 0.6 is 11.6 Å². The summed E-state index contributed by atoms with van der Waals surface area (Å²) < 4.78 is 7.66. The minimum atomic E-state index is 0.202. The molecule has 0 spiro atoms. The zero-order chi connectivity index (χ0) is 16.7. The summed E-state index contributed by atoms with van der Waals surface area (Å²) in [6.07, 6.45) is 2.02. The van der Waals surface area contributed by atoms with Crippen molar-refractivity contribution in [3.05, 3.63) is 34.9 Å². The average molecular weight is 347 g/mol. The number of rotatable bonds is 3. The highest BCUT2D eigenvalue weighted by atomic mass is 35.5. The van der Waals surface area contributed by atoms with Crippen molar-refractivity contribution >= 4 is 22.7 Å². The lowest BCUT2D eigenvalue weighted by Gasteiger charge is -2.34. The summed E-state index contributed by atoms with van der Waals surface area (Å²) in [7, 11) is 1.88. The standard InChI is InChI=1S/C16H19ClN6O/c1-10(15-19-20-21-22(15)2)23-7-5-11(6-8-23)16-18-13-9-12(17)3-4-14(13)24-16/h3-4,9-11H,5-8H2,1-2H3/t10-/m1/s1. The highest BCUT2D eigenvalue weighted by Crippen LogP contribution is 2.33. The van der Waals surface area contributed by atoms with Crippen molar-refractivity contribution in [2.45, 2.75) is 31.7 Å². The number of aromatic nitrogens is 5. The van der Waals surface area contributed by atoms with Gasteiger partial charge in [-0.15, -0.1) is 5.10 Å². The predicted octanol–water partition coefficient (Wildman–Crippen LogP) is 2.95. The van der Waals surface area contributed by atoms with Crippen molar-refractivity contribution in [2.24, 2.45) is 7.05 Å². The van der Waals surface area contributed by atoms with Crippen LogP contribution in [0.5, 0.6) is 0 Å². The molecule has 3 heterocycles. The molecule has 2 aromatic heterocycles. The van der Waals surface area contributed by atoms with Crippen molar-refractivity contribution in [3.63, 3.8) is 0 Å². The van der Waals surface area contributed by atoms with E-state index in [9.17, 15) is 0 Å². The molecule has 126 valence electrons. The van der Waals surface area contributed by atoms with E-state index >= 15 is 0 Å². The second-order valence-corrected chi connectivity index (χ2v) is 6.75. The molecule has 3 aromatic rings. The molecule has 0 amide bonds. The molecule has 1 fully saturated rings. The number of tetrazole rings is 1. The summed E-state index contributed by atoms with van der Waals surface area (Å²) in [4.78, 5) is 7.03. The summed E-state index contributed by atoms with van der Waals surface area (Å²) in [5.74, 6) is 2.06. The number of piperidine rings is 1. The number of fused-ring (bicyclic) bond motifs is 1. The van der Waals surface area contributed by atoms with Gasteiger partial charge in [-0.3, -0.25) is 4.90 Å². The van der Waals surface area contributed by atoms with E-state index in [4.69, 9.17) is 16.0 Å². The van der Waals surface area contributed by atoms with E-state index < -0.39 is 0 Å². The monoisotopic (exact) mass is 346 g/mol. The van der Waals surface area contributed by atoms with Crippen LogP contribution in [0.25, 0.3) is 11.1 Å².